The van der Waals surface area contributed by atoms with Crippen LogP contribution in [-0.2, 0) is 4.79 Å². The van der Waals surface area contributed by atoms with Crippen LogP contribution < -0.4 is 10.6 Å². The maximum absolute atomic E-state index is 12.0. The number of β-amino-alcohol motifs (C(OH)–C–C–N with tert-alkyl or cyclic N) is 1. The molecule has 1 saturated heterocycles. The van der Waals surface area contributed by atoms with Gasteiger partial charge in [0.2, 0.25) is 5.91 Å². The van der Waals surface area contributed by atoms with E-state index in [9.17, 15) is 9.90 Å². The van der Waals surface area contributed by atoms with E-state index in [4.69, 9.17) is 0 Å². The summed E-state index contributed by atoms with van der Waals surface area (Å²) in [7, 11) is 0. The van der Waals surface area contributed by atoms with Crippen LogP contribution in [0.4, 0.5) is 5.13 Å². The molecule has 1 fully saturated rings. The van der Waals surface area contributed by atoms with E-state index in [1.54, 1.807) is 6.20 Å². The first-order valence-corrected chi connectivity index (χ1v) is 7.27. The van der Waals surface area contributed by atoms with E-state index in [2.05, 4.69) is 15.6 Å². The van der Waals surface area contributed by atoms with Crippen molar-refractivity contribution in [3.05, 3.63) is 36.5 Å². The standard InChI is InChI=1S/C14H15N3O2S.ClH/c18-10-6-11(15-7-10)13(19)17-14-16-8-12(20-14)9-4-2-1-3-5-9;/h1-5,8,10-11,15,18H,6-7H2,(H,16,17,19);1H. The second-order valence-corrected chi connectivity index (χ2v) is 5.77. The number of amides is 1. The van der Waals surface area contributed by atoms with E-state index in [0.29, 0.717) is 18.1 Å². The maximum Gasteiger partial charge on any atom is 0.243 e. The van der Waals surface area contributed by atoms with Gasteiger partial charge in [-0.2, -0.15) is 0 Å². The molecule has 2 unspecified atom stereocenters. The topological polar surface area (TPSA) is 74.2 Å². The third-order valence-corrected chi connectivity index (χ3v) is 4.18. The molecule has 1 aliphatic rings. The van der Waals surface area contributed by atoms with Crippen LogP contribution in [0.2, 0.25) is 0 Å². The van der Waals surface area contributed by atoms with Crippen LogP contribution >= 0.6 is 23.7 Å². The molecular weight excluding hydrogens is 310 g/mol. The largest absolute Gasteiger partial charge is 0.392 e. The number of rotatable bonds is 3. The number of halogens is 1. The fraction of sp³-hybridized carbons (Fsp3) is 0.286. The van der Waals surface area contributed by atoms with E-state index >= 15 is 0 Å². The van der Waals surface area contributed by atoms with E-state index in [-0.39, 0.29) is 24.4 Å². The number of aliphatic hydroxyl groups excluding tert-OH is 1. The Balaban J connectivity index is 0.00000161. The third-order valence-electron chi connectivity index (χ3n) is 3.22. The molecule has 112 valence electrons. The number of anilines is 1. The highest BCUT2D eigenvalue weighted by molar-refractivity contribution is 7.19. The molecule has 1 aromatic carbocycles. The number of aromatic nitrogens is 1. The van der Waals surface area contributed by atoms with Gasteiger partial charge >= 0.3 is 0 Å². The summed E-state index contributed by atoms with van der Waals surface area (Å²) in [5.41, 5.74) is 1.08. The lowest BCUT2D eigenvalue weighted by Gasteiger charge is -2.08. The van der Waals surface area contributed by atoms with Crippen LogP contribution in [0.1, 0.15) is 6.42 Å². The minimum Gasteiger partial charge on any atom is -0.392 e. The molecule has 1 aliphatic heterocycles. The van der Waals surface area contributed by atoms with Crippen LogP contribution in [0.15, 0.2) is 36.5 Å². The predicted molar refractivity (Wildman–Crippen MR) is 85.8 cm³/mol. The monoisotopic (exact) mass is 325 g/mol. The van der Waals surface area contributed by atoms with Crippen molar-refractivity contribution in [2.45, 2.75) is 18.6 Å². The smallest absolute Gasteiger partial charge is 0.243 e. The molecule has 3 rings (SSSR count). The molecule has 7 heteroatoms. The van der Waals surface area contributed by atoms with Crippen LogP contribution in [0, 0.1) is 0 Å². The van der Waals surface area contributed by atoms with Gasteiger partial charge in [-0.15, -0.1) is 12.4 Å². The van der Waals surface area contributed by atoms with Crippen molar-refractivity contribution in [3.8, 4) is 10.4 Å². The van der Waals surface area contributed by atoms with Crippen molar-refractivity contribution in [3.63, 3.8) is 0 Å². The lowest BCUT2D eigenvalue weighted by molar-refractivity contribution is -0.117. The van der Waals surface area contributed by atoms with Gasteiger partial charge in [0.1, 0.15) is 0 Å². The molecule has 1 amide bonds. The second kappa shape index (κ2) is 7.00. The van der Waals surface area contributed by atoms with Gasteiger partial charge in [-0.05, 0) is 12.0 Å². The highest BCUT2D eigenvalue weighted by Crippen LogP contribution is 2.28. The Morgan fingerprint density at radius 1 is 1.38 bits per heavy atom. The fourth-order valence-corrected chi connectivity index (χ4v) is 3.00. The Hall–Kier alpha value is -1.47. The van der Waals surface area contributed by atoms with Gasteiger partial charge in [0, 0.05) is 12.7 Å². The average molecular weight is 326 g/mol. The van der Waals surface area contributed by atoms with E-state index in [0.717, 1.165) is 10.4 Å². The zero-order valence-electron chi connectivity index (χ0n) is 11.2. The van der Waals surface area contributed by atoms with Gasteiger partial charge in [0.25, 0.3) is 0 Å². The summed E-state index contributed by atoms with van der Waals surface area (Å²) >= 11 is 1.44. The Labute approximate surface area is 132 Å². The van der Waals surface area contributed by atoms with Crippen LogP contribution in [0.5, 0.6) is 0 Å². The third kappa shape index (κ3) is 3.79. The zero-order chi connectivity index (χ0) is 13.9. The molecule has 2 atom stereocenters. The number of carbonyl (C=O) groups is 1. The summed E-state index contributed by atoms with van der Waals surface area (Å²) in [6.45, 7) is 0.464. The fourth-order valence-electron chi connectivity index (χ4n) is 2.18. The van der Waals surface area contributed by atoms with Crippen molar-refractivity contribution in [2.75, 3.05) is 11.9 Å². The first-order chi connectivity index (χ1) is 9.72. The number of benzene rings is 1. The number of hydrogen-bond acceptors (Lipinski definition) is 5. The Morgan fingerprint density at radius 3 is 2.81 bits per heavy atom. The van der Waals surface area contributed by atoms with Crippen LogP contribution in [0.3, 0.4) is 0 Å². The first kappa shape index (κ1) is 15.9. The number of carbonyl (C=O) groups excluding carboxylic acids is 1. The number of hydrogen-bond donors (Lipinski definition) is 3. The molecule has 5 nitrogen and oxygen atoms in total. The zero-order valence-corrected chi connectivity index (χ0v) is 12.8. The summed E-state index contributed by atoms with van der Waals surface area (Å²) in [6, 6.07) is 9.58. The summed E-state index contributed by atoms with van der Waals surface area (Å²) in [5, 5.41) is 15.8. The minimum atomic E-state index is -0.443. The van der Waals surface area contributed by atoms with E-state index in [1.807, 2.05) is 30.3 Å². The summed E-state index contributed by atoms with van der Waals surface area (Å²) in [5.74, 6) is -0.143. The second-order valence-electron chi connectivity index (χ2n) is 4.74. The number of thiazole rings is 1. The van der Waals surface area contributed by atoms with Gasteiger partial charge in [0.05, 0.1) is 17.0 Å². The number of nitrogens with zero attached hydrogens (tertiary/aromatic N) is 1. The van der Waals surface area contributed by atoms with Crippen molar-refractivity contribution in [1.29, 1.82) is 0 Å². The van der Waals surface area contributed by atoms with Crippen molar-refractivity contribution >= 4 is 34.8 Å². The molecule has 0 spiro atoms. The van der Waals surface area contributed by atoms with Gasteiger partial charge in [-0.3, -0.25) is 4.79 Å². The van der Waals surface area contributed by atoms with Gasteiger partial charge in [-0.1, -0.05) is 41.7 Å². The molecule has 2 aromatic rings. The predicted octanol–water partition coefficient (Wildman–Crippen LogP) is 1.89. The summed E-state index contributed by atoms with van der Waals surface area (Å²) in [6.07, 6.45) is 1.76. The molecule has 0 saturated carbocycles. The van der Waals surface area contributed by atoms with Crippen LogP contribution in [-0.4, -0.2) is 34.7 Å². The quantitative estimate of drug-likeness (QED) is 0.805. The normalized spacial score (nSPS) is 20.8. The van der Waals surface area contributed by atoms with Gasteiger partial charge in [-0.25, -0.2) is 4.98 Å². The lowest BCUT2D eigenvalue weighted by Crippen LogP contribution is -2.35. The van der Waals surface area contributed by atoms with Crippen molar-refractivity contribution in [1.82, 2.24) is 10.3 Å². The highest BCUT2D eigenvalue weighted by Gasteiger charge is 2.28. The Bertz CT molecular complexity index is 605. The molecule has 0 bridgehead atoms. The Kier molecular flexibility index (Phi) is 5.30. The van der Waals surface area contributed by atoms with Gasteiger partial charge < -0.3 is 15.7 Å². The molecule has 0 aliphatic carbocycles. The molecule has 1 aromatic heterocycles. The van der Waals surface area contributed by atoms with E-state index < -0.39 is 6.10 Å². The van der Waals surface area contributed by atoms with Crippen molar-refractivity contribution in [2.24, 2.45) is 0 Å². The Morgan fingerprint density at radius 2 is 2.14 bits per heavy atom. The molecule has 3 N–H and O–H groups in total. The summed E-state index contributed by atoms with van der Waals surface area (Å²) < 4.78 is 0. The van der Waals surface area contributed by atoms with Crippen LogP contribution in [0.25, 0.3) is 10.4 Å². The summed E-state index contributed by atoms with van der Waals surface area (Å²) in [4.78, 5) is 17.2. The molecular formula is C14H16ClN3O2S. The number of nitrogens with one attached hydrogen (secondary N) is 2. The number of aliphatic hydroxyl groups is 1. The average Bonchev–Trinajstić information content (AvgIpc) is 3.09. The molecule has 0 radical (unpaired) electrons. The highest BCUT2D eigenvalue weighted by atomic mass is 35.5. The van der Waals surface area contributed by atoms with E-state index in [1.165, 1.54) is 11.3 Å². The molecule has 21 heavy (non-hydrogen) atoms. The maximum atomic E-state index is 12.0. The lowest BCUT2D eigenvalue weighted by atomic mass is 10.2. The molecule has 2 heterocycles. The van der Waals surface area contributed by atoms with Gasteiger partial charge in [0.15, 0.2) is 5.13 Å². The first-order valence-electron chi connectivity index (χ1n) is 6.46. The minimum absolute atomic E-state index is 0. The van der Waals surface area contributed by atoms with Crippen molar-refractivity contribution < 1.29 is 9.90 Å². The SMILES string of the molecule is Cl.O=C(Nc1ncc(-c2ccccc2)s1)C1CC(O)CN1.